The van der Waals surface area contributed by atoms with E-state index in [-0.39, 0.29) is 18.1 Å². The molecule has 1 N–H and O–H groups in total. The van der Waals surface area contributed by atoms with Crippen molar-refractivity contribution >= 4 is 5.91 Å². The Labute approximate surface area is 139 Å². The summed E-state index contributed by atoms with van der Waals surface area (Å²) in [5.74, 6) is 0.0660. The number of ether oxygens (including phenoxy) is 2. The number of hydrogen-bond donors (Lipinski definition) is 1. The van der Waals surface area contributed by atoms with Crippen LogP contribution in [-0.2, 0) is 27.4 Å². The average molecular weight is 320 g/mol. The summed E-state index contributed by atoms with van der Waals surface area (Å²) in [7, 11) is 3.67. The lowest BCUT2D eigenvalue weighted by Crippen LogP contribution is -2.41. The van der Waals surface area contributed by atoms with Gasteiger partial charge in [0.05, 0.1) is 18.8 Å². The molecule has 0 radical (unpaired) electrons. The molecular formula is C18H28N2O3. The average Bonchev–Trinajstić information content (AvgIpc) is 2.95. The summed E-state index contributed by atoms with van der Waals surface area (Å²) in [6, 6.07) is 7.99. The number of hydrogen-bond acceptors (Lipinski definition) is 4. The first kappa shape index (κ1) is 17.9. The summed E-state index contributed by atoms with van der Waals surface area (Å²) in [5, 5.41) is 3.06. The third kappa shape index (κ3) is 5.03. The molecule has 0 bridgehead atoms. The van der Waals surface area contributed by atoms with E-state index in [0.29, 0.717) is 13.2 Å². The van der Waals surface area contributed by atoms with E-state index < -0.39 is 0 Å². The van der Waals surface area contributed by atoms with Gasteiger partial charge in [-0.3, -0.25) is 9.69 Å². The minimum absolute atomic E-state index is 0.0660. The van der Waals surface area contributed by atoms with Gasteiger partial charge in [0, 0.05) is 26.8 Å². The van der Waals surface area contributed by atoms with Crippen LogP contribution < -0.4 is 5.32 Å². The molecule has 1 heterocycles. The van der Waals surface area contributed by atoms with E-state index in [9.17, 15) is 4.79 Å². The molecule has 2 atom stereocenters. The first-order valence-corrected chi connectivity index (χ1v) is 8.31. The number of carbonyl (C=O) groups excluding carboxylic acids is 1. The van der Waals surface area contributed by atoms with Gasteiger partial charge >= 0.3 is 0 Å². The van der Waals surface area contributed by atoms with E-state index in [1.165, 1.54) is 0 Å². The number of amides is 1. The molecule has 23 heavy (non-hydrogen) atoms. The van der Waals surface area contributed by atoms with Crippen LogP contribution in [0.2, 0.25) is 0 Å². The lowest BCUT2D eigenvalue weighted by atomic mass is 10.1. The maximum atomic E-state index is 12.4. The highest BCUT2D eigenvalue weighted by Crippen LogP contribution is 2.18. The molecule has 0 unspecified atom stereocenters. The molecule has 1 fully saturated rings. The van der Waals surface area contributed by atoms with Crippen molar-refractivity contribution in [1.29, 1.82) is 0 Å². The molecule has 0 spiro atoms. The molecule has 2 rings (SSSR count). The van der Waals surface area contributed by atoms with Crippen molar-refractivity contribution in [3.63, 3.8) is 0 Å². The van der Waals surface area contributed by atoms with Crippen molar-refractivity contribution in [2.45, 2.75) is 45.1 Å². The highest BCUT2D eigenvalue weighted by atomic mass is 16.5. The van der Waals surface area contributed by atoms with Crippen molar-refractivity contribution < 1.29 is 14.3 Å². The zero-order valence-corrected chi connectivity index (χ0v) is 14.4. The Morgan fingerprint density at radius 3 is 2.74 bits per heavy atom. The highest BCUT2D eigenvalue weighted by molar-refractivity contribution is 5.82. The Bertz CT molecular complexity index is 507. The Morgan fingerprint density at radius 2 is 2.09 bits per heavy atom. The van der Waals surface area contributed by atoms with Crippen molar-refractivity contribution in [2.24, 2.45) is 0 Å². The van der Waals surface area contributed by atoms with Crippen LogP contribution in [0.4, 0.5) is 0 Å². The maximum absolute atomic E-state index is 12.4. The number of nitrogens with zero attached hydrogens (tertiary/aromatic N) is 1. The second-order valence-corrected chi connectivity index (χ2v) is 6.09. The third-order valence-corrected chi connectivity index (χ3v) is 4.32. The van der Waals surface area contributed by atoms with E-state index in [1.807, 2.05) is 25.2 Å². The molecule has 5 nitrogen and oxygen atoms in total. The summed E-state index contributed by atoms with van der Waals surface area (Å²) in [6.07, 6.45) is 1.90. The van der Waals surface area contributed by atoms with Crippen LogP contribution in [0.1, 0.15) is 30.9 Å². The van der Waals surface area contributed by atoms with Crippen LogP contribution in [0.25, 0.3) is 0 Å². The highest BCUT2D eigenvalue weighted by Gasteiger charge is 2.34. The van der Waals surface area contributed by atoms with E-state index in [4.69, 9.17) is 9.47 Å². The van der Waals surface area contributed by atoms with Crippen molar-refractivity contribution in [3.8, 4) is 0 Å². The molecular weight excluding hydrogens is 292 g/mol. The monoisotopic (exact) mass is 320 g/mol. The van der Waals surface area contributed by atoms with Crippen molar-refractivity contribution in [1.82, 2.24) is 10.2 Å². The molecule has 1 aromatic rings. The summed E-state index contributed by atoms with van der Waals surface area (Å²) in [6.45, 7) is 4.78. The van der Waals surface area contributed by atoms with Crippen LogP contribution in [0.5, 0.6) is 0 Å². The number of rotatable bonds is 8. The van der Waals surface area contributed by atoms with E-state index >= 15 is 0 Å². The van der Waals surface area contributed by atoms with Gasteiger partial charge in [0.1, 0.15) is 0 Å². The molecule has 5 heteroatoms. The Hall–Kier alpha value is -1.43. The molecule has 1 aromatic carbocycles. The molecule has 1 aliphatic heterocycles. The molecule has 128 valence electrons. The standard InChI is InChI=1S/C18H28N2O3/c1-4-9-23-13-15-8-6-5-7-14(15)11-19-18(21)17-10-16(22-3)12-20(17)2/h5-8,16-17H,4,9-13H2,1-3H3,(H,19,21)/t16-,17-/m0/s1. The number of nitrogens with one attached hydrogen (secondary N) is 1. The van der Waals surface area contributed by atoms with Gasteiger partial charge in [-0.2, -0.15) is 0 Å². The molecule has 0 aromatic heterocycles. The second kappa shape index (κ2) is 9.01. The van der Waals surface area contributed by atoms with Crippen LogP contribution in [0.15, 0.2) is 24.3 Å². The van der Waals surface area contributed by atoms with Gasteiger partial charge in [0.25, 0.3) is 0 Å². The number of likely N-dealkylation sites (tertiary alicyclic amines) is 1. The topological polar surface area (TPSA) is 50.8 Å². The predicted octanol–water partition coefficient (Wildman–Crippen LogP) is 1.95. The van der Waals surface area contributed by atoms with Gasteiger partial charge in [-0.05, 0) is 31.0 Å². The minimum atomic E-state index is -0.108. The first-order valence-electron chi connectivity index (χ1n) is 8.31. The van der Waals surface area contributed by atoms with Gasteiger partial charge in [0.15, 0.2) is 0 Å². The summed E-state index contributed by atoms with van der Waals surface area (Å²) >= 11 is 0. The van der Waals surface area contributed by atoms with Gasteiger partial charge in [-0.1, -0.05) is 31.2 Å². The largest absolute Gasteiger partial charge is 0.380 e. The van der Waals surface area contributed by atoms with E-state index in [2.05, 4.69) is 23.2 Å². The predicted molar refractivity (Wildman–Crippen MR) is 90.1 cm³/mol. The fourth-order valence-electron chi connectivity index (χ4n) is 2.93. The number of carbonyl (C=O) groups is 1. The lowest BCUT2D eigenvalue weighted by molar-refractivity contribution is -0.125. The molecule has 1 saturated heterocycles. The normalized spacial score (nSPS) is 21.5. The zero-order chi connectivity index (χ0) is 16.7. The second-order valence-electron chi connectivity index (χ2n) is 6.09. The Kier molecular flexibility index (Phi) is 7.02. The quantitative estimate of drug-likeness (QED) is 0.744. The molecule has 1 aliphatic rings. The van der Waals surface area contributed by atoms with Crippen molar-refractivity contribution in [3.05, 3.63) is 35.4 Å². The number of benzene rings is 1. The van der Waals surface area contributed by atoms with Crippen molar-refractivity contribution in [2.75, 3.05) is 27.3 Å². The van der Waals surface area contributed by atoms with Crippen LogP contribution >= 0.6 is 0 Å². The van der Waals surface area contributed by atoms with Gasteiger partial charge < -0.3 is 14.8 Å². The Morgan fingerprint density at radius 1 is 1.35 bits per heavy atom. The van der Waals surface area contributed by atoms with Crippen LogP contribution in [0, 0.1) is 0 Å². The molecule has 1 amide bonds. The fraction of sp³-hybridized carbons (Fsp3) is 0.611. The molecule has 0 saturated carbocycles. The van der Waals surface area contributed by atoms with Crippen LogP contribution in [-0.4, -0.2) is 50.3 Å². The third-order valence-electron chi connectivity index (χ3n) is 4.32. The van der Waals surface area contributed by atoms with Gasteiger partial charge in [-0.15, -0.1) is 0 Å². The summed E-state index contributed by atoms with van der Waals surface area (Å²) in [4.78, 5) is 14.5. The zero-order valence-electron chi connectivity index (χ0n) is 14.4. The smallest absolute Gasteiger partial charge is 0.237 e. The lowest BCUT2D eigenvalue weighted by Gasteiger charge is -2.19. The van der Waals surface area contributed by atoms with Gasteiger partial charge in [0.2, 0.25) is 5.91 Å². The van der Waals surface area contributed by atoms with Gasteiger partial charge in [-0.25, -0.2) is 0 Å². The Balaban J connectivity index is 1.89. The number of likely N-dealkylation sites (N-methyl/N-ethyl adjacent to an activating group) is 1. The fourth-order valence-corrected chi connectivity index (χ4v) is 2.93. The first-order chi connectivity index (χ1) is 11.2. The maximum Gasteiger partial charge on any atom is 0.237 e. The van der Waals surface area contributed by atoms with E-state index in [0.717, 1.165) is 37.1 Å². The minimum Gasteiger partial charge on any atom is -0.380 e. The molecule has 0 aliphatic carbocycles. The SMILES string of the molecule is CCCOCc1ccccc1CNC(=O)[C@@H]1C[C@H](OC)CN1C. The van der Waals surface area contributed by atoms with E-state index in [1.54, 1.807) is 7.11 Å². The summed E-state index contributed by atoms with van der Waals surface area (Å²) in [5.41, 5.74) is 2.25. The summed E-state index contributed by atoms with van der Waals surface area (Å²) < 4.78 is 11.0. The number of methoxy groups -OCH3 is 1. The van der Waals surface area contributed by atoms with Crippen LogP contribution in [0.3, 0.4) is 0 Å².